The molecule has 2 aromatic heterocycles. The fraction of sp³-hybridized carbons (Fsp3) is 0.429. The molecule has 102 valence electrons. The summed E-state index contributed by atoms with van der Waals surface area (Å²) in [5.41, 5.74) is 1.20. The molecule has 0 unspecified atom stereocenters. The van der Waals surface area contributed by atoms with Crippen LogP contribution in [0, 0.1) is 0 Å². The van der Waals surface area contributed by atoms with Crippen LogP contribution in [0.4, 0.5) is 0 Å². The summed E-state index contributed by atoms with van der Waals surface area (Å²) in [6, 6.07) is 5.74. The van der Waals surface area contributed by atoms with Crippen LogP contribution in [0.2, 0.25) is 0 Å². The smallest absolute Gasteiger partial charge is 0.274 e. The second-order valence-corrected chi connectivity index (χ2v) is 4.76. The molecule has 0 bridgehead atoms. The second-order valence-electron chi connectivity index (χ2n) is 4.76. The Labute approximate surface area is 112 Å². The molecule has 0 aromatic carbocycles. The summed E-state index contributed by atoms with van der Waals surface area (Å²) >= 11 is 0. The molecule has 0 radical (unpaired) electrons. The van der Waals surface area contributed by atoms with Crippen molar-refractivity contribution >= 4 is 11.6 Å². The van der Waals surface area contributed by atoms with E-state index in [2.05, 4.69) is 4.98 Å². The number of nitrogens with zero attached hydrogens (tertiary/aromatic N) is 3. The Balaban J connectivity index is 2.25. The molecule has 0 fully saturated rings. The summed E-state index contributed by atoms with van der Waals surface area (Å²) in [4.78, 5) is 18.5. The standard InChI is InChI=1S/C14H19N3O2/c1-11(2)17(8-5-9-18)14(19)12-10-16-7-4-3-6-13(16)15-12/h3-4,6-7,10-11,18H,5,8-9H2,1-2H3. The van der Waals surface area contributed by atoms with Crippen molar-refractivity contribution in [2.45, 2.75) is 26.3 Å². The van der Waals surface area contributed by atoms with Crippen molar-refractivity contribution in [2.75, 3.05) is 13.2 Å². The molecule has 5 heteroatoms. The topological polar surface area (TPSA) is 57.8 Å². The molecule has 0 saturated heterocycles. The second kappa shape index (κ2) is 5.84. The third-order valence-electron chi connectivity index (χ3n) is 3.02. The molecule has 0 aliphatic carbocycles. The Hall–Kier alpha value is -1.88. The van der Waals surface area contributed by atoms with Crippen molar-refractivity contribution in [3.05, 3.63) is 36.3 Å². The van der Waals surface area contributed by atoms with Crippen molar-refractivity contribution in [1.82, 2.24) is 14.3 Å². The van der Waals surface area contributed by atoms with Crippen molar-refractivity contribution in [1.29, 1.82) is 0 Å². The number of carbonyl (C=O) groups excluding carboxylic acids is 1. The molecule has 2 heterocycles. The van der Waals surface area contributed by atoms with Crippen LogP contribution in [0.3, 0.4) is 0 Å². The van der Waals surface area contributed by atoms with Gasteiger partial charge in [-0.3, -0.25) is 4.79 Å². The molecule has 0 atom stereocenters. The summed E-state index contributed by atoms with van der Waals surface area (Å²) < 4.78 is 1.83. The Kier molecular flexibility index (Phi) is 4.16. The van der Waals surface area contributed by atoms with Gasteiger partial charge >= 0.3 is 0 Å². The Morgan fingerprint density at radius 2 is 2.26 bits per heavy atom. The number of hydrogen-bond acceptors (Lipinski definition) is 3. The van der Waals surface area contributed by atoms with Crippen LogP contribution in [0.5, 0.6) is 0 Å². The maximum Gasteiger partial charge on any atom is 0.274 e. The zero-order valence-electron chi connectivity index (χ0n) is 11.3. The summed E-state index contributed by atoms with van der Waals surface area (Å²) in [5.74, 6) is -0.0906. The Bertz CT molecular complexity index is 530. The summed E-state index contributed by atoms with van der Waals surface area (Å²) in [6.45, 7) is 4.55. The van der Waals surface area contributed by atoms with E-state index in [4.69, 9.17) is 5.11 Å². The molecule has 19 heavy (non-hydrogen) atoms. The largest absolute Gasteiger partial charge is 0.396 e. The van der Waals surface area contributed by atoms with Crippen molar-refractivity contribution in [3.63, 3.8) is 0 Å². The van der Waals surface area contributed by atoms with Crippen molar-refractivity contribution < 1.29 is 9.90 Å². The Morgan fingerprint density at radius 1 is 1.47 bits per heavy atom. The van der Waals surface area contributed by atoms with E-state index in [1.165, 1.54) is 0 Å². The highest BCUT2D eigenvalue weighted by Gasteiger charge is 2.20. The molecule has 2 rings (SSSR count). The lowest BCUT2D eigenvalue weighted by atomic mass is 10.2. The average Bonchev–Trinajstić information content (AvgIpc) is 2.82. The van der Waals surface area contributed by atoms with E-state index in [-0.39, 0.29) is 18.6 Å². The number of aliphatic hydroxyl groups is 1. The molecule has 0 saturated carbocycles. The summed E-state index contributed by atoms with van der Waals surface area (Å²) in [7, 11) is 0. The van der Waals surface area contributed by atoms with E-state index in [0.717, 1.165) is 5.65 Å². The first-order chi connectivity index (χ1) is 9.13. The van der Waals surface area contributed by atoms with Gasteiger partial charge in [0.2, 0.25) is 0 Å². The summed E-state index contributed by atoms with van der Waals surface area (Å²) in [5, 5.41) is 8.91. The van der Waals surface area contributed by atoms with Crippen molar-refractivity contribution in [2.24, 2.45) is 0 Å². The normalized spacial score (nSPS) is 11.2. The molecule has 1 amide bonds. The van der Waals surface area contributed by atoms with Gasteiger partial charge in [-0.2, -0.15) is 0 Å². The van der Waals surface area contributed by atoms with E-state index in [1.807, 2.05) is 42.6 Å². The van der Waals surface area contributed by atoms with Crippen LogP contribution in [-0.4, -0.2) is 44.5 Å². The van der Waals surface area contributed by atoms with E-state index in [9.17, 15) is 4.79 Å². The molecule has 0 spiro atoms. The number of pyridine rings is 1. The van der Waals surface area contributed by atoms with Crippen LogP contribution < -0.4 is 0 Å². The number of aromatic nitrogens is 2. The van der Waals surface area contributed by atoms with Crippen molar-refractivity contribution in [3.8, 4) is 0 Å². The van der Waals surface area contributed by atoms with Gasteiger partial charge in [0.05, 0.1) is 0 Å². The quantitative estimate of drug-likeness (QED) is 0.888. The first kappa shape index (κ1) is 13.5. The molecule has 0 aliphatic heterocycles. The van der Waals surface area contributed by atoms with Gasteiger partial charge in [-0.15, -0.1) is 0 Å². The number of fused-ring (bicyclic) bond motifs is 1. The molecule has 2 aromatic rings. The van der Waals surface area contributed by atoms with Crippen LogP contribution >= 0.6 is 0 Å². The van der Waals surface area contributed by atoms with Crippen LogP contribution in [0.1, 0.15) is 30.8 Å². The van der Waals surface area contributed by atoms with Gasteiger partial charge < -0.3 is 14.4 Å². The zero-order chi connectivity index (χ0) is 13.8. The molecular formula is C14H19N3O2. The van der Waals surface area contributed by atoms with E-state index < -0.39 is 0 Å². The fourth-order valence-corrected chi connectivity index (χ4v) is 2.02. The minimum absolute atomic E-state index is 0.0850. The third-order valence-corrected chi connectivity index (χ3v) is 3.02. The minimum Gasteiger partial charge on any atom is -0.396 e. The number of rotatable bonds is 5. The maximum atomic E-state index is 12.4. The van der Waals surface area contributed by atoms with Gasteiger partial charge in [-0.25, -0.2) is 4.98 Å². The van der Waals surface area contributed by atoms with E-state index >= 15 is 0 Å². The number of hydrogen-bond donors (Lipinski definition) is 1. The molecule has 0 aliphatic rings. The highest BCUT2D eigenvalue weighted by molar-refractivity contribution is 5.93. The highest BCUT2D eigenvalue weighted by Crippen LogP contribution is 2.10. The van der Waals surface area contributed by atoms with Gasteiger partial charge in [0.15, 0.2) is 0 Å². The van der Waals surface area contributed by atoms with Gasteiger partial charge in [0.25, 0.3) is 5.91 Å². The molecular weight excluding hydrogens is 242 g/mol. The van der Waals surface area contributed by atoms with Crippen LogP contribution in [0.25, 0.3) is 5.65 Å². The highest BCUT2D eigenvalue weighted by atomic mass is 16.3. The molecule has 5 nitrogen and oxygen atoms in total. The van der Waals surface area contributed by atoms with Crippen LogP contribution in [-0.2, 0) is 0 Å². The SMILES string of the molecule is CC(C)N(CCCO)C(=O)c1cn2ccccc2n1. The lowest BCUT2D eigenvalue weighted by molar-refractivity contribution is 0.0688. The van der Waals surface area contributed by atoms with E-state index in [1.54, 1.807) is 11.1 Å². The van der Waals surface area contributed by atoms with Gasteiger partial charge in [-0.1, -0.05) is 6.07 Å². The van der Waals surface area contributed by atoms with E-state index in [0.29, 0.717) is 18.7 Å². The van der Waals surface area contributed by atoms with Gasteiger partial charge in [-0.05, 0) is 32.4 Å². The lowest BCUT2D eigenvalue weighted by Gasteiger charge is -2.25. The first-order valence-electron chi connectivity index (χ1n) is 6.49. The lowest BCUT2D eigenvalue weighted by Crippen LogP contribution is -2.38. The van der Waals surface area contributed by atoms with Gasteiger partial charge in [0.1, 0.15) is 11.3 Å². The Morgan fingerprint density at radius 3 is 2.89 bits per heavy atom. The van der Waals surface area contributed by atoms with Gasteiger partial charge in [0, 0.05) is 31.6 Å². The van der Waals surface area contributed by atoms with Crippen LogP contribution in [0.15, 0.2) is 30.6 Å². The maximum absolute atomic E-state index is 12.4. The zero-order valence-corrected chi connectivity index (χ0v) is 11.3. The number of carbonyl (C=O) groups is 1. The average molecular weight is 261 g/mol. The number of aliphatic hydroxyl groups excluding tert-OH is 1. The predicted molar refractivity (Wildman–Crippen MR) is 73.1 cm³/mol. The predicted octanol–water partition coefficient (Wildman–Crippen LogP) is 1.57. The summed E-state index contributed by atoms with van der Waals surface area (Å²) in [6.07, 6.45) is 4.19. The fourth-order valence-electron chi connectivity index (χ4n) is 2.02. The number of imidazole rings is 1. The number of amides is 1. The monoisotopic (exact) mass is 261 g/mol. The first-order valence-corrected chi connectivity index (χ1v) is 6.49. The minimum atomic E-state index is -0.0906. The third kappa shape index (κ3) is 2.93. The molecule has 1 N–H and O–H groups in total.